The van der Waals surface area contributed by atoms with Crippen LogP contribution in [0.1, 0.15) is 21.8 Å². The van der Waals surface area contributed by atoms with Gasteiger partial charge in [0.05, 0.1) is 42.9 Å². The Hall–Kier alpha value is -2.07. The van der Waals surface area contributed by atoms with Crippen LogP contribution in [0.25, 0.3) is 0 Å². The molecule has 0 saturated heterocycles. The molecule has 14 heteroatoms. The second kappa shape index (κ2) is 10.2. The Morgan fingerprint density at radius 1 is 0.811 bits per heavy atom. The summed E-state index contributed by atoms with van der Waals surface area (Å²) in [5.74, 6) is -6.70. The number of nitrogen functional groups attached to an aromatic ring is 1. The molecule has 0 radical (unpaired) electrons. The van der Waals surface area contributed by atoms with Crippen molar-refractivity contribution in [3.8, 4) is 0 Å². The van der Waals surface area contributed by atoms with E-state index in [1.165, 1.54) is 12.1 Å². The molecule has 0 aliphatic heterocycles. The molecule has 194 valence electrons. The van der Waals surface area contributed by atoms with Crippen molar-refractivity contribution in [2.24, 2.45) is 5.92 Å². The summed E-state index contributed by atoms with van der Waals surface area (Å²) in [7, 11) is 0. The number of carbonyl (C=O) groups is 2. The lowest BCUT2D eigenvalue weighted by molar-refractivity contribution is -0.117. The summed E-state index contributed by atoms with van der Waals surface area (Å²) in [6.45, 7) is 0. The number of rotatable bonds is 5. The molecular formula is C23H12Cl6F3N3O2. The van der Waals surface area contributed by atoms with E-state index in [-0.39, 0.29) is 20.8 Å². The molecule has 0 heterocycles. The van der Waals surface area contributed by atoms with E-state index in [2.05, 4.69) is 10.6 Å². The Bertz CT molecular complexity index is 1450. The van der Waals surface area contributed by atoms with Gasteiger partial charge in [-0.15, -0.1) is 23.2 Å². The first kappa shape index (κ1) is 28.0. The van der Waals surface area contributed by atoms with Crippen LogP contribution < -0.4 is 16.4 Å². The van der Waals surface area contributed by atoms with Crippen LogP contribution in [0, 0.1) is 23.4 Å². The molecule has 4 N–H and O–H groups in total. The summed E-state index contributed by atoms with van der Waals surface area (Å²) in [5, 5.41) is 4.35. The summed E-state index contributed by atoms with van der Waals surface area (Å²) in [5.41, 5.74) is 4.34. The number of halogens is 9. The van der Waals surface area contributed by atoms with E-state index in [4.69, 9.17) is 75.3 Å². The topological polar surface area (TPSA) is 84.2 Å². The molecule has 4 rings (SSSR count). The molecule has 2 atom stereocenters. The van der Waals surface area contributed by atoms with Gasteiger partial charge in [0, 0.05) is 17.7 Å². The molecule has 3 aromatic carbocycles. The van der Waals surface area contributed by atoms with Crippen LogP contribution in [-0.2, 0) is 4.79 Å². The maximum Gasteiger partial charge on any atom is 0.257 e. The Kier molecular flexibility index (Phi) is 7.74. The monoisotopic (exact) mass is 629 g/mol. The van der Waals surface area contributed by atoms with Crippen molar-refractivity contribution in [3.63, 3.8) is 0 Å². The number of nitrogens with one attached hydrogen (secondary N) is 2. The SMILES string of the molecule is Nc1cc(NC(=O)c2cc(NC(=O)C3[C@H](c4cc(Cl)c(Cl)c(Cl)c4)C3(Cl)Cl)cc(F)c2Cl)c(F)cc1F. The van der Waals surface area contributed by atoms with Crippen molar-refractivity contribution in [1.29, 1.82) is 0 Å². The number of carbonyl (C=O) groups excluding carboxylic acids is 2. The van der Waals surface area contributed by atoms with Crippen molar-refractivity contribution in [2.75, 3.05) is 16.4 Å². The van der Waals surface area contributed by atoms with Gasteiger partial charge in [-0.25, -0.2) is 13.2 Å². The summed E-state index contributed by atoms with van der Waals surface area (Å²) < 4.78 is 40.4. The van der Waals surface area contributed by atoms with Crippen molar-refractivity contribution in [2.45, 2.75) is 10.3 Å². The van der Waals surface area contributed by atoms with Crippen LogP contribution in [-0.4, -0.2) is 16.1 Å². The molecule has 2 amide bonds. The number of anilines is 3. The molecule has 1 unspecified atom stereocenters. The molecule has 0 bridgehead atoms. The fourth-order valence-corrected chi connectivity index (χ4v) is 5.36. The van der Waals surface area contributed by atoms with E-state index in [0.29, 0.717) is 11.6 Å². The van der Waals surface area contributed by atoms with Gasteiger partial charge in [-0.05, 0) is 35.9 Å². The van der Waals surface area contributed by atoms with Gasteiger partial charge in [0.25, 0.3) is 5.91 Å². The lowest BCUT2D eigenvalue weighted by atomic mass is 10.1. The van der Waals surface area contributed by atoms with Crippen LogP contribution in [0.4, 0.5) is 30.2 Å². The first-order chi connectivity index (χ1) is 17.2. The van der Waals surface area contributed by atoms with Gasteiger partial charge in [-0.2, -0.15) is 0 Å². The zero-order valence-corrected chi connectivity index (χ0v) is 22.4. The van der Waals surface area contributed by atoms with E-state index in [1.807, 2.05) is 0 Å². The number of nitrogens with two attached hydrogens (primary N) is 1. The number of amides is 2. The zero-order valence-electron chi connectivity index (χ0n) is 17.9. The van der Waals surface area contributed by atoms with Gasteiger partial charge in [0.1, 0.15) is 21.8 Å². The predicted octanol–water partition coefficient (Wildman–Crippen LogP) is 8.08. The molecule has 0 aromatic heterocycles. The van der Waals surface area contributed by atoms with Crippen LogP contribution >= 0.6 is 69.6 Å². The minimum atomic E-state index is -1.55. The van der Waals surface area contributed by atoms with E-state index >= 15 is 0 Å². The third-order valence-electron chi connectivity index (χ3n) is 5.58. The number of benzene rings is 3. The van der Waals surface area contributed by atoms with Gasteiger partial charge >= 0.3 is 0 Å². The molecule has 5 nitrogen and oxygen atoms in total. The van der Waals surface area contributed by atoms with Gasteiger partial charge < -0.3 is 16.4 Å². The highest BCUT2D eigenvalue weighted by Gasteiger charge is 2.67. The Labute approximate surface area is 237 Å². The molecular weight excluding hydrogens is 620 g/mol. The zero-order chi connectivity index (χ0) is 27.4. The average Bonchev–Trinajstić information content (AvgIpc) is 3.39. The second-order valence-electron chi connectivity index (χ2n) is 8.04. The highest BCUT2D eigenvalue weighted by atomic mass is 35.5. The summed E-state index contributed by atoms with van der Waals surface area (Å²) in [4.78, 5) is 25.7. The summed E-state index contributed by atoms with van der Waals surface area (Å²) >= 11 is 36.7. The summed E-state index contributed by atoms with van der Waals surface area (Å²) in [6.07, 6.45) is 0. The molecule has 0 spiro atoms. The van der Waals surface area contributed by atoms with E-state index in [0.717, 1.165) is 18.2 Å². The fraction of sp³-hybridized carbons (Fsp3) is 0.130. The maximum absolute atomic E-state index is 14.5. The fourth-order valence-electron chi connectivity index (χ4n) is 3.72. The molecule has 1 saturated carbocycles. The lowest BCUT2D eigenvalue weighted by Gasteiger charge is -2.12. The van der Waals surface area contributed by atoms with Gasteiger partial charge in [0.2, 0.25) is 5.91 Å². The number of hydrogen-bond acceptors (Lipinski definition) is 3. The van der Waals surface area contributed by atoms with Gasteiger partial charge in [-0.3, -0.25) is 9.59 Å². The average molecular weight is 632 g/mol. The number of hydrogen-bond donors (Lipinski definition) is 3. The lowest BCUT2D eigenvalue weighted by Crippen LogP contribution is -2.19. The number of alkyl halides is 2. The smallest absolute Gasteiger partial charge is 0.257 e. The second-order valence-corrected chi connectivity index (χ2v) is 11.1. The minimum Gasteiger partial charge on any atom is -0.396 e. The predicted molar refractivity (Wildman–Crippen MR) is 141 cm³/mol. The van der Waals surface area contributed by atoms with Crippen molar-refractivity contribution in [3.05, 3.63) is 85.1 Å². The maximum atomic E-state index is 14.5. The standard InChI is InChI=1S/C23H12Cl6F3N3O2/c24-10-1-7(2-11(25)20(10)27)17-18(23(17,28)29)22(37)34-8-3-9(19(26)14(32)4-8)21(36)35-16-6-15(33)12(30)5-13(16)31/h1-6,17-18H,33H2,(H,34,37)(H,35,36)/t17-,18?/m0/s1. The van der Waals surface area contributed by atoms with E-state index in [1.54, 1.807) is 0 Å². The van der Waals surface area contributed by atoms with Crippen molar-refractivity contribution >= 4 is 98.5 Å². The van der Waals surface area contributed by atoms with Crippen LogP contribution in [0.2, 0.25) is 20.1 Å². The van der Waals surface area contributed by atoms with Gasteiger partial charge in [-0.1, -0.05) is 46.4 Å². The molecule has 37 heavy (non-hydrogen) atoms. The van der Waals surface area contributed by atoms with E-state index < -0.39 is 67.4 Å². The van der Waals surface area contributed by atoms with Crippen LogP contribution in [0.3, 0.4) is 0 Å². The molecule has 1 aliphatic rings. The summed E-state index contributed by atoms with van der Waals surface area (Å²) in [6, 6.07) is 6.19. The Balaban J connectivity index is 1.57. The molecule has 1 fully saturated rings. The van der Waals surface area contributed by atoms with Crippen molar-refractivity contribution in [1.82, 2.24) is 0 Å². The highest BCUT2D eigenvalue weighted by molar-refractivity contribution is 6.54. The Morgan fingerprint density at radius 2 is 1.43 bits per heavy atom. The largest absolute Gasteiger partial charge is 0.396 e. The normalized spacial score (nSPS) is 17.9. The third-order valence-corrected chi connectivity index (χ3v) is 8.10. The Morgan fingerprint density at radius 3 is 2.05 bits per heavy atom. The van der Waals surface area contributed by atoms with Crippen LogP contribution in [0.15, 0.2) is 36.4 Å². The molecule has 3 aromatic rings. The van der Waals surface area contributed by atoms with E-state index in [9.17, 15) is 22.8 Å². The van der Waals surface area contributed by atoms with Gasteiger partial charge in [0.15, 0.2) is 0 Å². The first-order valence-electron chi connectivity index (χ1n) is 10.1. The quantitative estimate of drug-likeness (QED) is 0.151. The third kappa shape index (κ3) is 5.41. The first-order valence-corrected chi connectivity index (χ1v) is 12.4. The minimum absolute atomic E-state index is 0.120. The highest BCUT2D eigenvalue weighted by Crippen LogP contribution is 2.65. The van der Waals surface area contributed by atoms with Crippen LogP contribution in [0.5, 0.6) is 0 Å². The molecule has 1 aliphatic carbocycles. The van der Waals surface area contributed by atoms with Crippen molar-refractivity contribution < 1.29 is 22.8 Å².